The third kappa shape index (κ3) is 3.53. The Balaban J connectivity index is 2.31. The molecule has 0 atom stereocenters. The minimum absolute atomic E-state index is 0.0146. The van der Waals surface area contributed by atoms with Crippen LogP contribution in [0.4, 0.5) is 11.4 Å². The Morgan fingerprint density at radius 3 is 2.52 bits per heavy atom. The van der Waals surface area contributed by atoms with Gasteiger partial charge in [0, 0.05) is 10.0 Å². The van der Waals surface area contributed by atoms with E-state index in [4.69, 9.17) is 22.4 Å². The summed E-state index contributed by atoms with van der Waals surface area (Å²) < 4.78 is 0.605. The summed E-state index contributed by atoms with van der Waals surface area (Å²) in [6, 6.07) is 8.99. The van der Waals surface area contributed by atoms with E-state index in [0.29, 0.717) is 10.2 Å². The van der Waals surface area contributed by atoms with E-state index in [1.165, 1.54) is 30.3 Å². The molecule has 0 fully saturated rings. The van der Waals surface area contributed by atoms with Gasteiger partial charge in [0.2, 0.25) is 0 Å². The largest absolute Gasteiger partial charge is 0.478 e. The average molecular weight is 370 g/mol. The molecule has 0 aliphatic rings. The molecule has 2 aromatic rings. The van der Waals surface area contributed by atoms with Gasteiger partial charge < -0.3 is 16.2 Å². The van der Waals surface area contributed by atoms with Crippen LogP contribution in [0, 0.1) is 0 Å². The molecule has 5 nitrogen and oxygen atoms in total. The van der Waals surface area contributed by atoms with E-state index < -0.39 is 11.9 Å². The van der Waals surface area contributed by atoms with Gasteiger partial charge in [-0.05, 0) is 36.4 Å². The summed E-state index contributed by atoms with van der Waals surface area (Å²) in [5.74, 6) is -1.61. The van der Waals surface area contributed by atoms with Gasteiger partial charge in [0.1, 0.15) is 0 Å². The smallest absolute Gasteiger partial charge is 0.337 e. The fraction of sp³-hybridized carbons (Fsp3) is 0. The second-order valence-electron chi connectivity index (χ2n) is 4.19. The molecular formula is C14H10BrClN2O3. The molecule has 2 rings (SSSR count). The predicted octanol–water partition coefficient (Wildman–Crippen LogP) is 3.64. The fourth-order valence-corrected chi connectivity index (χ4v) is 2.21. The van der Waals surface area contributed by atoms with E-state index in [1.807, 2.05) is 0 Å². The third-order valence-corrected chi connectivity index (χ3v) is 3.54. The van der Waals surface area contributed by atoms with E-state index >= 15 is 0 Å². The Labute approximate surface area is 133 Å². The number of amides is 1. The van der Waals surface area contributed by atoms with Gasteiger partial charge in [-0.3, -0.25) is 4.79 Å². The normalized spacial score (nSPS) is 10.2. The average Bonchev–Trinajstić information content (AvgIpc) is 2.43. The Kier molecular flexibility index (Phi) is 4.50. The number of anilines is 2. The van der Waals surface area contributed by atoms with Gasteiger partial charge in [-0.15, -0.1) is 0 Å². The molecule has 4 N–H and O–H groups in total. The molecule has 0 heterocycles. The van der Waals surface area contributed by atoms with Crippen molar-refractivity contribution in [2.24, 2.45) is 0 Å². The van der Waals surface area contributed by atoms with Gasteiger partial charge >= 0.3 is 5.97 Å². The lowest BCUT2D eigenvalue weighted by atomic mass is 10.1. The first-order chi connectivity index (χ1) is 9.88. The maximum absolute atomic E-state index is 12.1. The van der Waals surface area contributed by atoms with E-state index in [2.05, 4.69) is 21.2 Å². The number of hydrogen-bond acceptors (Lipinski definition) is 3. The number of halogens is 2. The molecule has 1 amide bonds. The molecule has 0 saturated heterocycles. The van der Waals surface area contributed by atoms with Crippen LogP contribution in [0.15, 0.2) is 40.9 Å². The zero-order valence-corrected chi connectivity index (χ0v) is 12.9. The molecule has 0 radical (unpaired) electrons. The van der Waals surface area contributed by atoms with Crippen molar-refractivity contribution in [2.75, 3.05) is 11.1 Å². The number of aromatic carboxylic acids is 1. The molecule has 108 valence electrons. The number of carbonyl (C=O) groups is 2. The van der Waals surface area contributed by atoms with Crippen LogP contribution in [-0.4, -0.2) is 17.0 Å². The highest BCUT2D eigenvalue weighted by Crippen LogP contribution is 2.23. The van der Waals surface area contributed by atoms with Crippen LogP contribution in [0.25, 0.3) is 0 Å². The minimum atomic E-state index is -1.14. The van der Waals surface area contributed by atoms with E-state index in [0.717, 1.165) is 0 Å². The Morgan fingerprint density at radius 1 is 1.19 bits per heavy atom. The summed E-state index contributed by atoms with van der Waals surface area (Å²) in [5.41, 5.74) is 6.41. The van der Waals surface area contributed by atoms with Crippen molar-refractivity contribution in [3.63, 3.8) is 0 Å². The molecule has 0 aliphatic heterocycles. The first kappa shape index (κ1) is 15.3. The second kappa shape index (κ2) is 6.15. The van der Waals surface area contributed by atoms with Crippen molar-refractivity contribution in [3.05, 3.63) is 57.0 Å². The fourth-order valence-electron chi connectivity index (χ4n) is 1.67. The van der Waals surface area contributed by atoms with Gasteiger partial charge in [-0.2, -0.15) is 0 Å². The maximum atomic E-state index is 12.1. The van der Waals surface area contributed by atoms with Crippen molar-refractivity contribution in [3.8, 4) is 0 Å². The van der Waals surface area contributed by atoms with Crippen LogP contribution in [0.1, 0.15) is 20.7 Å². The van der Waals surface area contributed by atoms with E-state index in [-0.39, 0.29) is 21.8 Å². The zero-order chi connectivity index (χ0) is 15.6. The highest BCUT2D eigenvalue weighted by molar-refractivity contribution is 9.10. The maximum Gasteiger partial charge on any atom is 0.337 e. The Morgan fingerprint density at radius 2 is 1.90 bits per heavy atom. The number of rotatable bonds is 3. The monoisotopic (exact) mass is 368 g/mol. The van der Waals surface area contributed by atoms with Crippen LogP contribution >= 0.6 is 27.5 Å². The van der Waals surface area contributed by atoms with Crippen molar-refractivity contribution in [1.82, 2.24) is 0 Å². The Hall–Kier alpha value is -2.05. The summed E-state index contributed by atoms with van der Waals surface area (Å²) in [6.07, 6.45) is 0. The number of hydrogen-bond donors (Lipinski definition) is 3. The summed E-state index contributed by atoms with van der Waals surface area (Å²) in [6.45, 7) is 0. The Bertz CT molecular complexity index is 734. The predicted molar refractivity (Wildman–Crippen MR) is 84.9 cm³/mol. The van der Waals surface area contributed by atoms with Gasteiger partial charge in [-0.25, -0.2) is 4.79 Å². The molecule has 0 unspecified atom stereocenters. The number of nitrogen functional groups attached to an aromatic ring is 1. The zero-order valence-electron chi connectivity index (χ0n) is 10.6. The molecule has 0 aromatic heterocycles. The number of carbonyl (C=O) groups excluding carboxylic acids is 1. The first-order valence-corrected chi connectivity index (χ1v) is 6.95. The molecule has 21 heavy (non-hydrogen) atoms. The van der Waals surface area contributed by atoms with Crippen LogP contribution in [0.3, 0.4) is 0 Å². The van der Waals surface area contributed by atoms with Crippen LogP contribution < -0.4 is 11.1 Å². The number of carboxylic acids is 1. The van der Waals surface area contributed by atoms with Crippen LogP contribution in [0.5, 0.6) is 0 Å². The van der Waals surface area contributed by atoms with Gasteiger partial charge in [-0.1, -0.05) is 27.5 Å². The lowest BCUT2D eigenvalue weighted by Gasteiger charge is -2.09. The minimum Gasteiger partial charge on any atom is -0.478 e. The van der Waals surface area contributed by atoms with E-state index in [9.17, 15) is 9.59 Å². The molecule has 0 bridgehead atoms. The standard InChI is InChI=1S/C14H10BrClN2O3/c15-8-2-4-12(9(6-8)14(20)21)18-13(19)7-1-3-11(17)10(16)5-7/h1-6H,17H2,(H,18,19)(H,20,21). The number of nitrogens with two attached hydrogens (primary N) is 1. The summed E-state index contributed by atoms with van der Waals surface area (Å²) in [4.78, 5) is 23.3. The van der Waals surface area contributed by atoms with E-state index in [1.54, 1.807) is 6.07 Å². The SMILES string of the molecule is Nc1ccc(C(=O)Nc2ccc(Br)cc2C(=O)O)cc1Cl. The molecule has 0 aliphatic carbocycles. The number of nitrogens with one attached hydrogen (secondary N) is 1. The number of benzene rings is 2. The van der Waals surface area contributed by atoms with Crippen molar-refractivity contribution in [1.29, 1.82) is 0 Å². The topological polar surface area (TPSA) is 92.4 Å². The summed E-state index contributed by atoms with van der Waals surface area (Å²) in [7, 11) is 0. The summed E-state index contributed by atoms with van der Waals surface area (Å²) in [5, 5.41) is 11.9. The van der Waals surface area contributed by atoms with Gasteiger partial charge in [0.15, 0.2) is 0 Å². The molecule has 2 aromatic carbocycles. The van der Waals surface area contributed by atoms with Gasteiger partial charge in [0.05, 0.1) is 22.0 Å². The highest BCUT2D eigenvalue weighted by atomic mass is 79.9. The summed E-state index contributed by atoms with van der Waals surface area (Å²) >= 11 is 9.04. The number of carboxylic acid groups (broad SMARTS) is 1. The quantitative estimate of drug-likeness (QED) is 0.720. The van der Waals surface area contributed by atoms with Gasteiger partial charge in [0.25, 0.3) is 5.91 Å². The van der Waals surface area contributed by atoms with Crippen molar-refractivity contribution < 1.29 is 14.7 Å². The molecule has 0 spiro atoms. The lowest BCUT2D eigenvalue weighted by molar-refractivity contribution is 0.0698. The van der Waals surface area contributed by atoms with Crippen LogP contribution in [-0.2, 0) is 0 Å². The molecule has 0 saturated carbocycles. The highest BCUT2D eigenvalue weighted by Gasteiger charge is 2.14. The second-order valence-corrected chi connectivity index (χ2v) is 5.51. The van der Waals surface area contributed by atoms with Crippen molar-refractivity contribution >= 4 is 50.8 Å². The van der Waals surface area contributed by atoms with Crippen molar-refractivity contribution in [2.45, 2.75) is 0 Å². The third-order valence-electron chi connectivity index (χ3n) is 2.72. The molecule has 7 heteroatoms. The lowest BCUT2D eigenvalue weighted by Crippen LogP contribution is -2.15. The first-order valence-electron chi connectivity index (χ1n) is 5.77. The molecular weight excluding hydrogens is 360 g/mol. The van der Waals surface area contributed by atoms with Crippen LogP contribution in [0.2, 0.25) is 5.02 Å².